The second kappa shape index (κ2) is 11.2. The minimum absolute atomic E-state index is 0.0493. The summed E-state index contributed by atoms with van der Waals surface area (Å²) in [6.45, 7) is 9.16. The first-order valence-electron chi connectivity index (χ1n) is 10.1. The van der Waals surface area contributed by atoms with Crippen molar-refractivity contribution in [3.05, 3.63) is 71.0 Å². The van der Waals surface area contributed by atoms with Gasteiger partial charge in [-0.25, -0.2) is 9.38 Å². The fourth-order valence-electron chi connectivity index (χ4n) is 3.07. The summed E-state index contributed by atoms with van der Waals surface area (Å²) < 4.78 is 13.4. The number of nitrogens with one attached hydrogen (secondary N) is 1. The van der Waals surface area contributed by atoms with Gasteiger partial charge in [0.05, 0.1) is 6.54 Å². The van der Waals surface area contributed by atoms with Gasteiger partial charge in [0, 0.05) is 38.8 Å². The van der Waals surface area contributed by atoms with Gasteiger partial charge in [-0.3, -0.25) is 4.79 Å². The summed E-state index contributed by atoms with van der Waals surface area (Å²) in [7, 11) is 1.93. The van der Waals surface area contributed by atoms with Crippen molar-refractivity contribution in [2.75, 3.05) is 26.7 Å². The van der Waals surface area contributed by atoms with Gasteiger partial charge in [0.1, 0.15) is 5.82 Å². The summed E-state index contributed by atoms with van der Waals surface area (Å²) in [5, 5.41) is 3.27. The molecule has 2 aromatic rings. The molecule has 2 aromatic carbocycles. The predicted molar refractivity (Wildman–Crippen MR) is 116 cm³/mol. The fourth-order valence-corrected chi connectivity index (χ4v) is 3.07. The predicted octanol–water partition coefficient (Wildman–Crippen LogP) is 3.91. The molecule has 2 rings (SSSR count). The van der Waals surface area contributed by atoms with Crippen LogP contribution >= 0.6 is 0 Å². The van der Waals surface area contributed by atoms with Gasteiger partial charge >= 0.3 is 0 Å². The Bertz CT molecular complexity index is 816. The largest absolute Gasteiger partial charge is 0.357 e. The zero-order valence-electron chi connectivity index (χ0n) is 17.8. The van der Waals surface area contributed by atoms with E-state index in [-0.39, 0.29) is 11.7 Å². The van der Waals surface area contributed by atoms with E-state index in [0.29, 0.717) is 31.7 Å². The highest BCUT2D eigenvalue weighted by Crippen LogP contribution is 2.10. The molecule has 0 aliphatic carbocycles. The van der Waals surface area contributed by atoms with Gasteiger partial charge < -0.3 is 15.1 Å². The number of nitrogens with zero attached hydrogens (tertiary/aromatic N) is 3. The number of hydrogen-bond acceptors (Lipinski definition) is 2. The van der Waals surface area contributed by atoms with Crippen LogP contribution < -0.4 is 5.32 Å². The topological polar surface area (TPSA) is 47.9 Å². The molecule has 0 fully saturated rings. The summed E-state index contributed by atoms with van der Waals surface area (Å²) in [4.78, 5) is 20.9. The van der Waals surface area contributed by atoms with Gasteiger partial charge in [-0.15, -0.1) is 0 Å². The molecule has 29 heavy (non-hydrogen) atoms. The molecular weight excluding hydrogens is 367 g/mol. The molecule has 1 N–H and O–H groups in total. The molecule has 0 aromatic heterocycles. The van der Waals surface area contributed by atoms with Crippen molar-refractivity contribution in [1.82, 2.24) is 15.1 Å². The zero-order chi connectivity index (χ0) is 21.2. The normalized spacial score (nSPS) is 11.3. The van der Waals surface area contributed by atoms with E-state index in [4.69, 9.17) is 0 Å². The fraction of sp³-hybridized carbons (Fsp3) is 0.391. The summed E-state index contributed by atoms with van der Waals surface area (Å²) in [5.74, 6) is 0.561. The average molecular weight is 399 g/mol. The van der Waals surface area contributed by atoms with Gasteiger partial charge in [0.25, 0.3) is 5.91 Å². The molecule has 0 spiro atoms. The molecule has 0 saturated carbocycles. The third kappa shape index (κ3) is 6.59. The van der Waals surface area contributed by atoms with Crippen LogP contribution in [0, 0.1) is 5.82 Å². The van der Waals surface area contributed by atoms with E-state index in [0.717, 1.165) is 23.6 Å². The number of carbonyl (C=O) groups is 1. The van der Waals surface area contributed by atoms with Gasteiger partial charge in [-0.1, -0.05) is 24.3 Å². The monoisotopic (exact) mass is 398 g/mol. The summed E-state index contributed by atoms with van der Waals surface area (Å²) in [6, 6.07) is 14.2. The molecule has 156 valence electrons. The van der Waals surface area contributed by atoms with Crippen molar-refractivity contribution < 1.29 is 9.18 Å². The Morgan fingerprint density at radius 1 is 1.03 bits per heavy atom. The lowest BCUT2D eigenvalue weighted by atomic mass is 10.1. The number of carbonyl (C=O) groups excluding carboxylic acids is 1. The molecule has 5 nitrogen and oxygen atoms in total. The van der Waals surface area contributed by atoms with E-state index in [2.05, 4.69) is 10.3 Å². The zero-order valence-corrected chi connectivity index (χ0v) is 17.8. The summed E-state index contributed by atoms with van der Waals surface area (Å²) in [6.07, 6.45) is 0. The highest BCUT2D eigenvalue weighted by atomic mass is 19.1. The number of aliphatic imine (C=N–C) groups is 1. The number of guanidine groups is 1. The highest BCUT2D eigenvalue weighted by molar-refractivity contribution is 5.94. The highest BCUT2D eigenvalue weighted by Gasteiger charge is 2.12. The minimum Gasteiger partial charge on any atom is -0.357 e. The van der Waals surface area contributed by atoms with Gasteiger partial charge in [0.15, 0.2) is 5.96 Å². The standard InChI is InChI=1S/C23H31FN4O/c1-5-25-23(27(4)17-19-9-8-10-21(24)15-19)26-16-18-11-13-20(14-12-18)22(29)28(6-2)7-3/h8-15H,5-7,16-17H2,1-4H3,(H,25,26). The van der Waals surface area contributed by atoms with Crippen molar-refractivity contribution in [1.29, 1.82) is 0 Å². The van der Waals surface area contributed by atoms with E-state index in [1.54, 1.807) is 11.0 Å². The summed E-state index contributed by atoms with van der Waals surface area (Å²) in [5.41, 5.74) is 2.60. The number of amides is 1. The third-order valence-electron chi connectivity index (χ3n) is 4.67. The van der Waals surface area contributed by atoms with E-state index >= 15 is 0 Å². The van der Waals surface area contributed by atoms with Crippen molar-refractivity contribution in [3.8, 4) is 0 Å². The second-order valence-electron chi connectivity index (χ2n) is 6.83. The van der Waals surface area contributed by atoms with Crippen molar-refractivity contribution in [2.45, 2.75) is 33.9 Å². The Kier molecular flexibility index (Phi) is 8.65. The number of hydrogen-bond donors (Lipinski definition) is 1. The number of rotatable bonds is 8. The molecule has 0 aliphatic rings. The number of halogens is 1. The smallest absolute Gasteiger partial charge is 0.253 e. The lowest BCUT2D eigenvalue weighted by Crippen LogP contribution is -2.38. The molecule has 6 heteroatoms. The SMILES string of the molecule is CCNC(=NCc1ccc(C(=O)N(CC)CC)cc1)N(C)Cc1cccc(F)c1. The molecule has 0 aliphatic heterocycles. The van der Waals surface area contributed by atoms with Crippen LogP contribution in [0.1, 0.15) is 42.3 Å². The molecular formula is C23H31FN4O. The maximum Gasteiger partial charge on any atom is 0.253 e. The molecule has 0 saturated heterocycles. The van der Waals surface area contributed by atoms with Crippen molar-refractivity contribution in [2.24, 2.45) is 4.99 Å². The van der Waals surface area contributed by atoms with Crippen molar-refractivity contribution >= 4 is 11.9 Å². The average Bonchev–Trinajstić information content (AvgIpc) is 2.72. The van der Waals surface area contributed by atoms with E-state index in [9.17, 15) is 9.18 Å². The van der Waals surface area contributed by atoms with Crippen LogP contribution in [-0.2, 0) is 13.1 Å². The molecule has 0 unspecified atom stereocenters. The summed E-state index contributed by atoms with van der Waals surface area (Å²) >= 11 is 0. The lowest BCUT2D eigenvalue weighted by molar-refractivity contribution is 0.0773. The second-order valence-corrected chi connectivity index (χ2v) is 6.83. The lowest BCUT2D eigenvalue weighted by Gasteiger charge is -2.22. The molecule has 1 amide bonds. The van der Waals surface area contributed by atoms with Crippen LogP contribution in [-0.4, -0.2) is 48.3 Å². The number of benzene rings is 2. The van der Waals surface area contributed by atoms with Crippen LogP contribution in [0.2, 0.25) is 0 Å². The van der Waals surface area contributed by atoms with E-state index in [1.807, 2.05) is 63.1 Å². The first-order chi connectivity index (χ1) is 14.0. The Morgan fingerprint density at radius 2 is 1.72 bits per heavy atom. The molecule has 0 atom stereocenters. The Labute approximate surface area is 173 Å². The molecule has 0 heterocycles. The first-order valence-corrected chi connectivity index (χ1v) is 10.1. The molecule has 0 bridgehead atoms. The maximum atomic E-state index is 13.4. The van der Waals surface area contributed by atoms with Crippen LogP contribution in [0.3, 0.4) is 0 Å². The van der Waals surface area contributed by atoms with Crippen LogP contribution in [0.5, 0.6) is 0 Å². The van der Waals surface area contributed by atoms with Gasteiger partial charge in [-0.05, 0) is 56.2 Å². The molecule has 0 radical (unpaired) electrons. The Morgan fingerprint density at radius 3 is 2.31 bits per heavy atom. The Hall–Kier alpha value is -2.89. The third-order valence-corrected chi connectivity index (χ3v) is 4.67. The van der Waals surface area contributed by atoms with Gasteiger partial charge in [0.2, 0.25) is 0 Å². The Balaban J connectivity index is 2.06. The minimum atomic E-state index is -0.239. The quantitative estimate of drug-likeness (QED) is 0.542. The van der Waals surface area contributed by atoms with E-state index < -0.39 is 0 Å². The van der Waals surface area contributed by atoms with Crippen LogP contribution in [0.15, 0.2) is 53.5 Å². The maximum absolute atomic E-state index is 13.4. The van der Waals surface area contributed by atoms with Crippen LogP contribution in [0.25, 0.3) is 0 Å². The first kappa shape index (κ1) is 22.4. The van der Waals surface area contributed by atoms with Crippen LogP contribution in [0.4, 0.5) is 4.39 Å². The van der Waals surface area contributed by atoms with Gasteiger partial charge in [-0.2, -0.15) is 0 Å². The van der Waals surface area contributed by atoms with E-state index in [1.165, 1.54) is 12.1 Å². The van der Waals surface area contributed by atoms with Crippen molar-refractivity contribution in [3.63, 3.8) is 0 Å².